The largest absolute Gasteiger partial charge is 0.383 e. The van der Waals surface area contributed by atoms with Gasteiger partial charge in [0.25, 0.3) is 5.91 Å². The zero-order chi connectivity index (χ0) is 22.2. The van der Waals surface area contributed by atoms with E-state index >= 15 is 0 Å². The number of piperidine rings is 1. The predicted octanol–water partition coefficient (Wildman–Crippen LogP) is 2.63. The van der Waals surface area contributed by atoms with Crippen LogP contribution in [0.15, 0.2) is 24.3 Å². The number of benzene rings is 1. The van der Waals surface area contributed by atoms with E-state index in [0.29, 0.717) is 49.7 Å². The van der Waals surface area contributed by atoms with Crippen molar-refractivity contribution in [1.29, 1.82) is 0 Å². The molecule has 7 nitrogen and oxygen atoms in total. The molecule has 1 saturated heterocycles. The maximum Gasteiger partial charge on any atom is 0.253 e. The monoisotopic (exact) mass is 449 g/mol. The van der Waals surface area contributed by atoms with Crippen molar-refractivity contribution in [2.45, 2.75) is 44.6 Å². The number of likely N-dealkylation sites (tertiary alicyclic amines) is 1. The van der Waals surface area contributed by atoms with Gasteiger partial charge in [-0.05, 0) is 43.7 Å². The quantitative estimate of drug-likeness (QED) is 0.597. The van der Waals surface area contributed by atoms with Gasteiger partial charge in [-0.3, -0.25) is 14.4 Å². The van der Waals surface area contributed by atoms with Gasteiger partial charge < -0.3 is 20.3 Å². The molecule has 1 heterocycles. The molecule has 1 aliphatic carbocycles. The van der Waals surface area contributed by atoms with Crippen LogP contribution >= 0.6 is 11.6 Å². The first-order chi connectivity index (χ1) is 15.0. The zero-order valence-corrected chi connectivity index (χ0v) is 18.8. The second-order valence-corrected chi connectivity index (χ2v) is 8.77. The van der Waals surface area contributed by atoms with Crippen LogP contribution < -0.4 is 10.6 Å². The van der Waals surface area contributed by atoms with Gasteiger partial charge in [-0.2, -0.15) is 0 Å². The van der Waals surface area contributed by atoms with E-state index in [1.165, 1.54) is 0 Å². The van der Waals surface area contributed by atoms with Crippen molar-refractivity contribution in [3.8, 4) is 0 Å². The smallest absolute Gasteiger partial charge is 0.253 e. The fraction of sp³-hybridized carbons (Fsp3) is 0.609. The summed E-state index contributed by atoms with van der Waals surface area (Å²) in [5.41, 5.74) is 0.340. The molecule has 1 saturated carbocycles. The minimum atomic E-state index is -0.690. The van der Waals surface area contributed by atoms with Crippen molar-refractivity contribution >= 4 is 29.3 Å². The number of methoxy groups -OCH3 is 1. The number of amides is 3. The summed E-state index contributed by atoms with van der Waals surface area (Å²) in [4.78, 5) is 40.4. The molecule has 0 radical (unpaired) electrons. The number of nitrogens with one attached hydrogen (secondary N) is 2. The number of rotatable bonds is 8. The van der Waals surface area contributed by atoms with Crippen molar-refractivity contribution in [2.24, 2.45) is 11.8 Å². The first-order valence-corrected chi connectivity index (χ1v) is 11.5. The molecular weight excluding hydrogens is 418 g/mol. The second-order valence-electron chi connectivity index (χ2n) is 8.36. The summed E-state index contributed by atoms with van der Waals surface area (Å²) < 4.78 is 5.01. The van der Waals surface area contributed by atoms with Crippen molar-refractivity contribution in [3.63, 3.8) is 0 Å². The summed E-state index contributed by atoms with van der Waals surface area (Å²) in [6.07, 6.45) is 5.57. The van der Waals surface area contributed by atoms with E-state index in [2.05, 4.69) is 10.6 Å². The maximum absolute atomic E-state index is 12.9. The van der Waals surface area contributed by atoms with Gasteiger partial charge in [0.2, 0.25) is 11.8 Å². The van der Waals surface area contributed by atoms with Crippen LogP contribution in [-0.2, 0) is 14.3 Å². The van der Waals surface area contributed by atoms with Crippen LogP contribution in [0.5, 0.6) is 0 Å². The fourth-order valence-electron chi connectivity index (χ4n) is 4.53. The zero-order valence-electron chi connectivity index (χ0n) is 18.1. The molecule has 170 valence electrons. The molecule has 1 aliphatic heterocycles. The van der Waals surface area contributed by atoms with Crippen LogP contribution in [0.1, 0.15) is 48.9 Å². The molecular formula is C23H32ClN3O4. The lowest BCUT2D eigenvalue weighted by Gasteiger charge is -2.36. The van der Waals surface area contributed by atoms with Gasteiger partial charge in [-0.25, -0.2) is 0 Å². The first-order valence-electron chi connectivity index (χ1n) is 11.1. The lowest BCUT2D eigenvalue weighted by Crippen LogP contribution is -2.54. The lowest BCUT2D eigenvalue weighted by atomic mass is 9.87. The van der Waals surface area contributed by atoms with Crippen molar-refractivity contribution in [3.05, 3.63) is 34.9 Å². The Morgan fingerprint density at radius 1 is 1.13 bits per heavy atom. The average Bonchev–Trinajstić information content (AvgIpc) is 3.32. The fourth-order valence-corrected chi connectivity index (χ4v) is 4.75. The third-order valence-electron chi connectivity index (χ3n) is 6.32. The van der Waals surface area contributed by atoms with Crippen LogP contribution in [0, 0.1) is 11.8 Å². The van der Waals surface area contributed by atoms with Crippen molar-refractivity contribution < 1.29 is 19.1 Å². The van der Waals surface area contributed by atoms with Crippen LogP contribution in [0.25, 0.3) is 0 Å². The third kappa shape index (κ3) is 6.20. The van der Waals surface area contributed by atoms with E-state index < -0.39 is 6.04 Å². The number of halogens is 1. The van der Waals surface area contributed by atoms with Crippen LogP contribution in [0.3, 0.4) is 0 Å². The van der Waals surface area contributed by atoms with Gasteiger partial charge in [-0.1, -0.05) is 36.6 Å². The summed E-state index contributed by atoms with van der Waals surface area (Å²) in [5.74, 6) is -0.261. The number of carbonyl (C=O) groups excluding carboxylic acids is 3. The highest BCUT2D eigenvalue weighted by atomic mass is 35.5. The highest BCUT2D eigenvalue weighted by Crippen LogP contribution is 2.29. The molecule has 1 atom stereocenters. The highest BCUT2D eigenvalue weighted by Gasteiger charge is 2.36. The Labute approximate surface area is 188 Å². The van der Waals surface area contributed by atoms with Crippen molar-refractivity contribution in [1.82, 2.24) is 15.5 Å². The lowest BCUT2D eigenvalue weighted by molar-refractivity contribution is -0.137. The summed E-state index contributed by atoms with van der Waals surface area (Å²) in [7, 11) is 1.57. The third-order valence-corrected chi connectivity index (χ3v) is 6.65. The molecule has 1 aromatic carbocycles. The summed E-state index contributed by atoms with van der Waals surface area (Å²) in [6, 6.07) is 6.09. The van der Waals surface area contributed by atoms with Gasteiger partial charge in [0.15, 0.2) is 0 Å². The molecule has 0 unspecified atom stereocenters. The molecule has 2 fully saturated rings. The standard InChI is InChI=1S/C23H32ClN3O4/c1-31-15-12-25-22(29)20(26-21(28)18-8-4-5-9-19(18)24)16-10-13-27(14-11-16)23(30)17-6-2-3-7-17/h4-5,8-9,16-17,20H,2-3,6-7,10-15H2,1H3,(H,25,29)(H,26,28)/t20-/m0/s1. The van der Waals surface area contributed by atoms with Gasteiger partial charge in [0.05, 0.1) is 17.2 Å². The Kier molecular flexibility index (Phi) is 8.72. The second kappa shape index (κ2) is 11.5. The van der Waals surface area contributed by atoms with E-state index in [1.807, 2.05) is 4.90 Å². The Balaban J connectivity index is 1.65. The molecule has 2 N–H and O–H groups in total. The molecule has 3 amide bonds. The number of ether oxygens (including phenoxy) is 1. The Morgan fingerprint density at radius 3 is 2.45 bits per heavy atom. The topological polar surface area (TPSA) is 87.7 Å². The molecule has 0 spiro atoms. The normalized spacial score (nSPS) is 18.6. The van der Waals surface area contributed by atoms with Crippen LogP contribution in [-0.4, -0.2) is 62.0 Å². The van der Waals surface area contributed by atoms with E-state index in [-0.39, 0.29) is 29.6 Å². The van der Waals surface area contributed by atoms with Gasteiger partial charge in [0.1, 0.15) is 6.04 Å². The van der Waals surface area contributed by atoms with E-state index in [4.69, 9.17) is 16.3 Å². The number of nitrogens with zero attached hydrogens (tertiary/aromatic N) is 1. The minimum Gasteiger partial charge on any atom is -0.383 e. The molecule has 3 rings (SSSR count). The van der Waals surface area contributed by atoms with E-state index in [1.54, 1.807) is 31.4 Å². The summed E-state index contributed by atoms with van der Waals surface area (Å²) in [6.45, 7) is 1.99. The molecule has 8 heteroatoms. The molecule has 31 heavy (non-hydrogen) atoms. The molecule has 1 aromatic rings. The maximum atomic E-state index is 12.9. The number of hydrogen-bond donors (Lipinski definition) is 2. The number of carbonyl (C=O) groups is 3. The Bertz CT molecular complexity index is 774. The minimum absolute atomic E-state index is 0.0541. The summed E-state index contributed by atoms with van der Waals surface area (Å²) in [5, 5.41) is 6.07. The predicted molar refractivity (Wildman–Crippen MR) is 119 cm³/mol. The Hall–Kier alpha value is -2.12. The number of hydrogen-bond acceptors (Lipinski definition) is 4. The van der Waals surface area contributed by atoms with Gasteiger partial charge >= 0.3 is 0 Å². The van der Waals surface area contributed by atoms with Crippen molar-refractivity contribution in [2.75, 3.05) is 33.4 Å². The molecule has 0 aromatic heterocycles. The van der Waals surface area contributed by atoms with E-state index in [0.717, 1.165) is 25.7 Å². The van der Waals surface area contributed by atoms with Gasteiger partial charge in [-0.15, -0.1) is 0 Å². The van der Waals surface area contributed by atoms with E-state index in [9.17, 15) is 14.4 Å². The molecule has 2 aliphatic rings. The van der Waals surface area contributed by atoms with Gasteiger partial charge in [0, 0.05) is 32.7 Å². The SMILES string of the molecule is COCCNC(=O)[C@@H](NC(=O)c1ccccc1Cl)C1CCN(C(=O)C2CCCC2)CC1. The first kappa shape index (κ1) is 23.5. The average molecular weight is 450 g/mol. The van der Waals surface area contributed by atoms with Crippen LogP contribution in [0.4, 0.5) is 0 Å². The Morgan fingerprint density at radius 2 is 1.81 bits per heavy atom. The van der Waals surface area contributed by atoms with Crippen LogP contribution in [0.2, 0.25) is 5.02 Å². The summed E-state index contributed by atoms with van der Waals surface area (Å²) >= 11 is 6.16. The molecule has 0 bridgehead atoms. The highest BCUT2D eigenvalue weighted by molar-refractivity contribution is 6.33.